The van der Waals surface area contributed by atoms with Crippen molar-refractivity contribution >= 4 is 44.0 Å². The zero-order chi connectivity index (χ0) is 54.6. The summed E-state index contributed by atoms with van der Waals surface area (Å²) >= 11 is 0. The van der Waals surface area contributed by atoms with Crippen molar-refractivity contribution in [2.75, 3.05) is 0 Å². The molecule has 1 radical (unpaired) electrons. The monoisotopic (exact) mass is 1150 g/mol. The van der Waals surface area contributed by atoms with Crippen molar-refractivity contribution in [2.45, 2.75) is 79.4 Å². The van der Waals surface area contributed by atoms with Gasteiger partial charge in [-0.05, 0) is 106 Å². The molecule has 0 bridgehead atoms. The standard InChI is InChI=1S/C37H31N2O.C31H29N2.Ir/c1-23(2)30-21-26(25-13-6-5-7-14-25)22-31(24(3)4)35(30)39-33-19-10-9-18-32(33)38-37(39)29-17-12-16-28-27-15-8-11-20-34(27)40-36(28)29;1-5-23-14-11-15-26(21(2)3)30(23)33-29-17-10-9-16-28(29)32-31(33)25-19-18-22(4)27(20-25)24-12-7-6-8-13-24;/h5-16,18-24H,1-4H3;6-18,20-21H,5H2,1-4H3;/q2*-1;/i;4D3,5D,21D;. The summed E-state index contributed by atoms with van der Waals surface area (Å²) in [5.74, 6) is 1.10. The van der Waals surface area contributed by atoms with Crippen LogP contribution in [0.4, 0.5) is 0 Å². The summed E-state index contributed by atoms with van der Waals surface area (Å²) in [6.45, 7) is 12.3. The Labute approximate surface area is 456 Å². The van der Waals surface area contributed by atoms with Gasteiger partial charge in [0.05, 0.1) is 39.3 Å². The first-order valence-corrected chi connectivity index (χ1v) is 25.2. The summed E-state index contributed by atoms with van der Waals surface area (Å²) in [5.41, 5.74) is 17.1. The van der Waals surface area contributed by atoms with E-state index in [4.69, 9.17) is 21.2 Å². The molecule has 1 atom stereocenters. The molecule has 5 nitrogen and oxygen atoms in total. The number of imidazole rings is 2. The van der Waals surface area contributed by atoms with E-state index in [1.165, 1.54) is 27.9 Å². The third kappa shape index (κ3) is 9.12. The largest absolute Gasteiger partial charge is 0.501 e. The molecule has 0 N–H and O–H groups in total. The van der Waals surface area contributed by atoms with Crippen molar-refractivity contribution in [2.24, 2.45) is 0 Å². The molecule has 6 heteroatoms. The van der Waals surface area contributed by atoms with Gasteiger partial charge in [0.15, 0.2) is 0 Å². The van der Waals surface area contributed by atoms with Gasteiger partial charge in [-0.15, -0.1) is 47.5 Å². The van der Waals surface area contributed by atoms with Crippen molar-refractivity contribution in [3.05, 3.63) is 228 Å². The predicted octanol–water partition coefficient (Wildman–Crippen LogP) is 18.5. The van der Waals surface area contributed by atoms with Crippen LogP contribution in [0.15, 0.2) is 192 Å². The van der Waals surface area contributed by atoms with Crippen LogP contribution in [-0.2, 0) is 26.5 Å². The Morgan fingerprint density at radius 2 is 1.18 bits per heavy atom. The van der Waals surface area contributed by atoms with Gasteiger partial charge in [0.1, 0.15) is 5.58 Å². The summed E-state index contributed by atoms with van der Waals surface area (Å²) in [7, 11) is 0. The molecule has 0 amide bonds. The molecule has 1 unspecified atom stereocenters. The van der Waals surface area contributed by atoms with Crippen LogP contribution < -0.4 is 0 Å². The molecule has 3 heterocycles. The van der Waals surface area contributed by atoms with Crippen LogP contribution in [0.1, 0.15) is 101 Å². The second-order valence-corrected chi connectivity index (χ2v) is 19.5. The van der Waals surface area contributed by atoms with E-state index in [9.17, 15) is 0 Å². The molecule has 0 aliphatic rings. The van der Waals surface area contributed by atoms with E-state index < -0.39 is 19.1 Å². The minimum absolute atomic E-state index is 0. The van der Waals surface area contributed by atoms with Crippen LogP contribution in [0.2, 0.25) is 0 Å². The maximum atomic E-state index is 8.91. The number of aryl methyl sites for hydroxylation is 2. The van der Waals surface area contributed by atoms with Gasteiger partial charge in [0.2, 0.25) is 0 Å². The zero-order valence-electron chi connectivity index (χ0n) is 47.7. The molecule has 0 aliphatic carbocycles. The fourth-order valence-corrected chi connectivity index (χ4v) is 10.2. The molecule has 0 saturated carbocycles. The Kier molecular flexibility index (Phi) is 12.5. The minimum Gasteiger partial charge on any atom is -0.501 e. The van der Waals surface area contributed by atoms with Crippen LogP contribution in [-0.4, -0.2) is 19.1 Å². The number of para-hydroxylation sites is 6. The number of fused-ring (bicyclic) bond motifs is 5. The maximum Gasteiger partial charge on any atom is 0.120 e. The van der Waals surface area contributed by atoms with E-state index in [-0.39, 0.29) is 25.7 Å². The van der Waals surface area contributed by atoms with Crippen molar-refractivity contribution in [1.29, 1.82) is 0 Å². The average Bonchev–Trinajstić information content (AvgIpc) is 4.36. The molecule has 74 heavy (non-hydrogen) atoms. The van der Waals surface area contributed by atoms with Crippen molar-refractivity contribution in [3.63, 3.8) is 0 Å². The molecule has 0 aliphatic heterocycles. The van der Waals surface area contributed by atoms with Gasteiger partial charge in [0, 0.05) is 43.7 Å². The van der Waals surface area contributed by atoms with Gasteiger partial charge in [-0.25, -0.2) is 0 Å². The normalized spacial score (nSPS) is 13.3. The van der Waals surface area contributed by atoms with Gasteiger partial charge in [-0.3, -0.25) is 9.97 Å². The second kappa shape index (κ2) is 21.1. The Bertz CT molecular complexity index is 4140. The molecule has 3 aromatic heterocycles. The molecule has 0 spiro atoms. The van der Waals surface area contributed by atoms with Crippen molar-refractivity contribution < 1.29 is 31.4 Å². The van der Waals surface area contributed by atoms with Gasteiger partial charge in [-0.1, -0.05) is 193 Å². The van der Waals surface area contributed by atoms with E-state index in [1.54, 1.807) is 6.07 Å². The van der Waals surface area contributed by atoms with Crippen LogP contribution in [0, 0.1) is 19.0 Å². The molecule has 9 aromatic carbocycles. The van der Waals surface area contributed by atoms with Crippen molar-refractivity contribution in [3.8, 4) is 56.4 Å². The second-order valence-electron chi connectivity index (χ2n) is 19.5. The quantitative estimate of drug-likeness (QED) is 0.128. The number of nitrogens with zero attached hydrogens (tertiary/aromatic N) is 4. The van der Waals surface area contributed by atoms with Crippen LogP contribution >= 0.6 is 0 Å². The van der Waals surface area contributed by atoms with E-state index in [1.807, 2.05) is 122 Å². The molecule has 369 valence electrons. The topological polar surface area (TPSA) is 48.8 Å². The zero-order valence-corrected chi connectivity index (χ0v) is 45.1. The van der Waals surface area contributed by atoms with Crippen LogP contribution in [0.25, 0.3) is 100 Å². The Morgan fingerprint density at radius 1 is 0.581 bits per heavy atom. The summed E-state index contributed by atoms with van der Waals surface area (Å²) in [6, 6.07) is 69.3. The fourth-order valence-electron chi connectivity index (χ4n) is 10.2. The smallest absolute Gasteiger partial charge is 0.120 e. The van der Waals surface area contributed by atoms with E-state index in [0.717, 1.165) is 77.8 Å². The summed E-state index contributed by atoms with van der Waals surface area (Å²) in [4.78, 5) is 10.2. The molecular formula is C68H60IrN4O-2. The average molecular weight is 1150 g/mol. The first-order chi connectivity index (χ1) is 37.5. The van der Waals surface area contributed by atoms with Crippen LogP contribution in [0.3, 0.4) is 0 Å². The Hall–Kier alpha value is -7.63. The van der Waals surface area contributed by atoms with E-state index in [2.05, 4.69) is 129 Å². The SMILES string of the molecule is CC(C)c1cc(-c2ccccc2)cc(C(C)C)c1-n1c(-c2[c-]ccc3c2oc2ccccc23)nc2ccccc21.[2H]C(C)c1cccc(C([2H])(C)C)c1-n1c(-c2[c-]cc(C([2H])([2H])[2H])c(-c3ccccc3)c2)nc2ccccc21.[Ir]. The third-order valence-electron chi connectivity index (χ3n) is 13.8. The summed E-state index contributed by atoms with van der Waals surface area (Å²) < 4.78 is 52.8. The van der Waals surface area contributed by atoms with Crippen LogP contribution in [0.5, 0.6) is 0 Å². The number of rotatable bonds is 10. The maximum absolute atomic E-state index is 8.91. The molecular weight excluding hydrogens is 1080 g/mol. The van der Waals surface area contributed by atoms with Gasteiger partial charge in [0.25, 0.3) is 0 Å². The number of benzene rings is 9. The number of furan rings is 1. The van der Waals surface area contributed by atoms with E-state index in [0.29, 0.717) is 28.8 Å². The van der Waals surface area contributed by atoms with Gasteiger partial charge >= 0.3 is 0 Å². The summed E-state index contributed by atoms with van der Waals surface area (Å²) in [6.07, 6.45) is -0.539. The molecule has 12 aromatic rings. The fraction of sp³-hybridized carbons (Fsp3) is 0.176. The Morgan fingerprint density at radius 3 is 1.81 bits per heavy atom. The number of hydrogen-bond donors (Lipinski definition) is 0. The Balaban J connectivity index is 0.000000176. The first kappa shape index (κ1) is 43.9. The first-order valence-electron chi connectivity index (χ1n) is 27.7. The number of aromatic nitrogens is 4. The molecule has 12 rings (SSSR count). The number of hydrogen-bond acceptors (Lipinski definition) is 3. The molecule has 0 fully saturated rings. The minimum atomic E-state index is -2.31. The summed E-state index contributed by atoms with van der Waals surface area (Å²) in [5, 5.41) is 2.18. The van der Waals surface area contributed by atoms with Gasteiger partial charge < -0.3 is 13.6 Å². The third-order valence-corrected chi connectivity index (χ3v) is 13.8. The molecule has 0 saturated heterocycles. The van der Waals surface area contributed by atoms with Crippen molar-refractivity contribution in [1.82, 2.24) is 19.1 Å². The van der Waals surface area contributed by atoms with E-state index >= 15 is 0 Å². The predicted molar refractivity (Wildman–Crippen MR) is 305 cm³/mol. The van der Waals surface area contributed by atoms with Gasteiger partial charge in [-0.2, -0.15) is 0 Å².